The molecule has 6 heterocycles. The molecule has 0 saturated carbocycles. The lowest BCUT2D eigenvalue weighted by atomic mass is 10.0. The van der Waals surface area contributed by atoms with Crippen molar-refractivity contribution in [1.29, 1.82) is 0 Å². The molecule has 0 saturated heterocycles. The molecule has 0 aliphatic carbocycles. The molecule has 8 rings (SSSR count). The summed E-state index contributed by atoms with van der Waals surface area (Å²) >= 11 is 0. The lowest BCUT2D eigenvalue weighted by Gasteiger charge is -2.14. The van der Waals surface area contributed by atoms with E-state index >= 15 is 0 Å². The van der Waals surface area contributed by atoms with Crippen molar-refractivity contribution in [3.05, 3.63) is 141 Å². The van der Waals surface area contributed by atoms with Gasteiger partial charge in [0.1, 0.15) is 67.9 Å². The Kier molecular flexibility index (Phi) is 14.0. The lowest BCUT2D eigenvalue weighted by Crippen LogP contribution is -2.33. The van der Waals surface area contributed by atoms with Crippen LogP contribution in [-0.2, 0) is 32.0 Å². The molecule has 60 heavy (non-hydrogen) atoms. The van der Waals surface area contributed by atoms with Gasteiger partial charge in [-0.25, -0.2) is 14.1 Å². The predicted octanol–water partition coefficient (Wildman–Crippen LogP) is 5.02. The minimum atomic E-state index is 0.360. The third-order valence-corrected chi connectivity index (χ3v) is 9.50. The molecule has 0 N–H and O–H groups in total. The van der Waals surface area contributed by atoms with E-state index in [4.69, 9.17) is 33.4 Å². The number of pyridine rings is 3. The van der Waals surface area contributed by atoms with Gasteiger partial charge in [-0.2, -0.15) is 19.1 Å². The van der Waals surface area contributed by atoms with Gasteiger partial charge in [0, 0.05) is 58.9 Å². The maximum absolute atomic E-state index is 6.35. The number of nitrogens with zero attached hydrogens (tertiary/aromatic N) is 9. The highest BCUT2D eigenvalue weighted by molar-refractivity contribution is 5.92. The zero-order valence-corrected chi connectivity index (χ0v) is 33.2. The maximum atomic E-state index is 6.35. The average Bonchev–Trinajstić information content (AvgIpc) is 3.99. The fourth-order valence-corrected chi connectivity index (χ4v) is 6.51. The minimum absolute atomic E-state index is 0.360. The van der Waals surface area contributed by atoms with Crippen molar-refractivity contribution in [1.82, 2.24) is 34.1 Å². The van der Waals surface area contributed by atoms with Gasteiger partial charge in [-0.15, -0.1) is 0 Å². The Morgan fingerprint density at radius 3 is 1.80 bits per heavy atom. The SMILES string of the molecule is c1cnc(-n2cc[n+](CCOCCOCCOc3c(-c4ccc(-n5cc[n+](CCOCCOCCOc6cccc7cccnc67)c5)nc4)ccc4cccnc34)c2)nc1. The van der Waals surface area contributed by atoms with Crippen LogP contribution in [0, 0.1) is 0 Å². The van der Waals surface area contributed by atoms with Gasteiger partial charge in [0.2, 0.25) is 12.1 Å². The van der Waals surface area contributed by atoms with Crippen molar-refractivity contribution in [2.24, 2.45) is 0 Å². The van der Waals surface area contributed by atoms with E-state index in [2.05, 4.69) is 36.6 Å². The first-order valence-corrected chi connectivity index (χ1v) is 19.9. The maximum Gasteiger partial charge on any atom is 0.325 e. The molecule has 0 fully saturated rings. The molecule has 0 unspecified atom stereocenters. The average molecular weight is 810 g/mol. The molecular formula is C45H47N9O6+2. The van der Waals surface area contributed by atoms with Gasteiger partial charge in [0.25, 0.3) is 6.33 Å². The first kappa shape index (κ1) is 40.1. The summed E-state index contributed by atoms with van der Waals surface area (Å²) < 4.78 is 43.3. The number of hydrogen-bond donors (Lipinski definition) is 0. The molecular weight excluding hydrogens is 763 g/mol. The van der Waals surface area contributed by atoms with Crippen molar-refractivity contribution >= 4 is 21.8 Å². The monoisotopic (exact) mass is 809 g/mol. The second-order valence-electron chi connectivity index (χ2n) is 13.6. The predicted molar refractivity (Wildman–Crippen MR) is 222 cm³/mol. The Bertz CT molecular complexity index is 2540. The molecule has 15 heteroatoms. The third-order valence-electron chi connectivity index (χ3n) is 9.50. The smallest absolute Gasteiger partial charge is 0.325 e. The Hall–Kier alpha value is -6.65. The topological polar surface area (TPSA) is 137 Å². The van der Waals surface area contributed by atoms with Gasteiger partial charge < -0.3 is 28.4 Å². The van der Waals surface area contributed by atoms with Crippen LogP contribution in [0.15, 0.2) is 141 Å². The second-order valence-corrected chi connectivity index (χ2v) is 13.6. The number of imidazole rings is 2. The molecule has 6 aromatic heterocycles. The highest BCUT2D eigenvalue weighted by Gasteiger charge is 2.15. The lowest BCUT2D eigenvalue weighted by molar-refractivity contribution is -0.697. The number of rotatable bonds is 23. The van der Waals surface area contributed by atoms with Gasteiger partial charge in [-0.05, 0) is 36.4 Å². The number of aromatic nitrogens is 9. The largest absolute Gasteiger partial charge is 0.489 e. The van der Waals surface area contributed by atoms with Crippen molar-refractivity contribution in [3.63, 3.8) is 0 Å². The van der Waals surface area contributed by atoms with Crippen LogP contribution >= 0.6 is 0 Å². The van der Waals surface area contributed by atoms with E-state index in [9.17, 15) is 0 Å². The molecule has 0 bridgehead atoms. The molecule has 306 valence electrons. The summed E-state index contributed by atoms with van der Waals surface area (Å²) in [6, 6.07) is 23.7. The van der Waals surface area contributed by atoms with Gasteiger partial charge in [0.15, 0.2) is 5.75 Å². The summed E-state index contributed by atoms with van der Waals surface area (Å²) in [5.74, 6) is 2.88. The van der Waals surface area contributed by atoms with E-state index in [1.807, 2.05) is 112 Å². The zero-order valence-electron chi connectivity index (χ0n) is 33.2. The van der Waals surface area contributed by atoms with Crippen molar-refractivity contribution in [2.75, 3.05) is 66.1 Å². The Labute approximate surface area is 347 Å². The number of ether oxygens (including phenoxy) is 6. The molecule has 0 aliphatic rings. The summed E-state index contributed by atoms with van der Waals surface area (Å²) in [4.78, 5) is 22.4. The molecule has 15 nitrogen and oxygen atoms in total. The van der Waals surface area contributed by atoms with Gasteiger partial charge >= 0.3 is 5.95 Å². The fraction of sp³-hybridized carbons (Fsp3) is 0.267. The third kappa shape index (κ3) is 10.7. The summed E-state index contributed by atoms with van der Waals surface area (Å²) in [5.41, 5.74) is 3.48. The van der Waals surface area contributed by atoms with Gasteiger partial charge in [-0.3, -0.25) is 9.97 Å². The molecule has 2 aromatic carbocycles. The van der Waals surface area contributed by atoms with Crippen LogP contribution in [0.3, 0.4) is 0 Å². The van der Waals surface area contributed by atoms with E-state index in [-0.39, 0.29) is 0 Å². The van der Waals surface area contributed by atoms with Crippen LogP contribution in [0.4, 0.5) is 0 Å². The number of para-hydroxylation sites is 1. The summed E-state index contributed by atoms with van der Waals surface area (Å²) in [6.07, 6.45) is 20.7. The highest BCUT2D eigenvalue weighted by atomic mass is 16.5. The first-order valence-electron chi connectivity index (χ1n) is 19.9. The second kappa shape index (κ2) is 20.9. The fourth-order valence-electron chi connectivity index (χ4n) is 6.51. The standard InChI is InChI=1S/C45H47N9O6/c1-5-36-6-2-13-46-42(36)40(8-1)59-31-29-57-27-25-55-23-21-51-17-19-53(34-51)41-12-10-38(33-50-41)39-11-9-37-7-3-14-47-43(37)44(39)60-32-30-58-28-26-56-24-22-52-18-20-54(35-52)45-48-15-4-16-49-45/h1-20,33-35H,21-32H2/q+2. The Morgan fingerprint density at radius 2 is 1.08 bits per heavy atom. The van der Waals surface area contributed by atoms with Crippen molar-refractivity contribution < 1.29 is 37.6 Å². The van der Waals surface area contributed by atoms with Crippen LogP contribution in [0.2, 0.25) is 0 Å². The molecule has 0 aliphatic heterocycles. The van der Waals surface area contributed by atoms with E-state index in [1.54, 1.807) is 30.9 Å². The zero-order chi connectivity index (χ0) is 40.6. The van der Waals surface area contributed by atoms with Gasteiger partial charge in [0.05, 0.1) is 52.9 Å². The molecule has 8 aromatic rings. The summed E-state index contributed by atoms with van der Waals surface area (Å²) in [5, 5.41) is 2.04. The van der Waals surface area contributed by atoms with Crippen LogP contribution in [-0.4, -0.2) is 100 Å². The van der Waals surface area contributed by atoms with E-state index in [0.717, 1.165) is 44.5 Å². The molecule has 0 spiro atoms. The number of fused-ring (bicyclic) bond motifs is 2. The Morgan fingerprint density at radius 1 is 0.483 bits per heavy atom. The number of hydrogen-bond acceptors (Lipinski definition) is 11. The number of benzene rings is 2. The van der Waals surface area contributed by atoms with Crippen LogP contribution in [0.1, 0.15) is 0 Å². The highest BCUT2D eigenvalue weighted by Crippen LogP contribution is 2.36. The van der Waals surface area contributed by atoms with Crippen LogP contribution in [0.25, 0.3) is 44.7 Å². The minimum Gasteiger partial charge on any atom is -0.489 e. The van der Waals surface area contributed by atoms with Gasteiger partial charge in [-0.1, -0.05) is 30.3 Å². The van der Waals surface area contributed by atoms with Crippen molar-refractivity contribution in [3.8, 4) is 34.4 Å². The normalized spacial score (nSPS) is 11.4. The first-order chi connectivity index (χ1) is 29.8. The van der Waals surface area contributed by atoms with E-state index in [0.29, 0.717) is 90.9 Å². The van der Waals surface area contributed by atoms with E-state index < -0.39 is 0 Å². The Balaban J connectivity index is 0.746. The van der Waals surface area contributed by atoms with Crippen LogP contribution in [0.5, 0.6) is 11.5 Å². The quantitative estimate of drug-likeness (QED) is 0.0637. The summed E-state index contributed by atoms with van der Waals surface area (Å²) in [7, 11) is 0. The summed E-state index contributed by atoms with van der Waals surface area (Å²) in [6.45, 7) is 6.14. The molecule has 0 amide bonds. The van der Waals surface area contributed by atoms with Crippen LogP contribution < -0.4 is 18.6 Å². The van der Waals surface area contributed by atoms with Crippen molar-refractivity contribution in [2.45, 2.75) is 13.1 Å². The van der Waals surface area contributed by atoms with E-state index in [1.165, 1.54) is 0 Å². The molecule has 0 atom stereocenters. The molecule has 0 radical (unpaired) electrons.